The third-order valence-electron chi connectivity index (χ3n) is 6.82. The van der Waals surface area contributed by atoms with Gasteiger partial charge < -0.3 is 9.47 Å². The van der Waals surface area contributed by atoms with Crippen LogP contribution < -0.4 is 4.74 Å². The summed E-state index contributed by atoms with van der Waals surface area (Å²) in [5.74, 6) is 0.594. The zero-order chi connectivity index (χ0) is 22.3. The molecule has 0 saturated heterocycles. The van der Waals surface area contributed by atoms with E-state index >= 15 is 0 Å². The zero-order valence-electron chi connectivity index (χ0n) is 18.0. The highest BCUT2D eigenvalue weighted by Gasteiger charge is 2.75. The van der Waals surface area contributed by atoms with Gasteiger partial charge in [-0.25, -0.2) is 0 Å². The second-order valence-corrected chi connectivity index (χ2v) is 8.88. The van der Waals surface area contributed by atoms with Crippen molar-refractivity contribution in [3.05, 3.63) is 102 Å². The van der Waals surface area contributed by atoms with Gasteiger partial charge >= 0.3 is 5.97 Å². The van der Waals surface area contributed by atoms with E-state index in [9.17, 15) is 10.1 Å². The van der Waals surface area contributed by atoms with Gasteiger partial charge in [-0.3, -0.25) is 4.79 Å². The summed E-state index contributed by atoms with van der Waals surface area (Å²) in [5, 5.41) is 9.77. The van der Waals surface area contributed by atoms with E-state index in [0.29, 0.717) is 17.1 Å². The number of fused-ring (bicyclic) bond motifs is 2. The SMILES string of the molecule is CC1(C)[C@@H](C(=O)O[C@@H](C#N)c2cccc(Oc3ccccc3)c2)[C@]12C=Cc1ccccc12. The lowest BCUT2D eigenvalue weighted by Gasteiger charge is -2.15. The minimum atomic E-state index is -1.00. The normalized spacial score (nSPS) is 22.6. The lowest BCUT2D eigenvalue weighted by atomic mass is 9.90. The van der Waals surface area contributed by atoms with E-state index in [1.807, 2.05) is 48.5 Å². The molecule has 0 radical (unpaired) electrons. The number of esters is 1. The number of hydrogen-bond donors (Lipinski definition) is 0. The molecule has 3 aromatic carbocycles. The van der Waals surface area contributed by atoms with Gasteiger partial charge in [0.1, 0.15) is 17.6 Å². The van der Waals surface area contributed by atoms with Crippen molar-refractivity contribution >= 4 is 12.0 Å². The molecule has 0 amide bonds. The van der Waals surface area contributed by atoms with E-state index in [1.165, 1.54) is 0 Å². The van der Waals surface area contributed by atoms with Gasteiger partial charge in [0, 0.05) is 11.0 Å². The molecule has 0 unspecified atom stereocenters. The average Bonchev–Trinajstić information content (AvgIpc) is 3.09. The zero-order valence-corrected chi connectivity index (χ0v) is 18.0. The van der Waals surface area contributed by atoms with Gasteiger partial charge in [-0.1, -0.05) is 80.6 Å². The molecule has 0 bridgehead atoms. The summed E-state index contributed by atoms with van der Waals surface area (Å²) in [4.78, 5) is 13.3. The van der Waals surface area contributed by atoms with Gasteiger partial charge in [0.15, 0.2) is 0 Å². The number of allylic oxidation sites excluding steroid dienone is 1. The molecule has 0 aliphatic heterocycles. The molecule has 2 aliphatic rings. The Balaban J connectivity index is 1.36. The molecule has 0 aromatic heterocycles. The standard InChI is InChI=1S/C28H23NO3/c1-27(2)25(28(27)16-15-19-9-6-7-14-23(19)28)26(30)32-24(18-29)20-10-8-13-22(17-20)31-21-11-4-3-5-12-21/h3-17,24-25H,1-2H3/t24-,25+,28+/m0/s1. The van der Waals surface area contributed by atoms with Crippen LogP contribution in [0.5, 0.6) is 11.5 Å². The third-order valence-corrected chi connectivity index (χ3v) is 6.82. The summed E-state index contributed by atoms with van der Waals surface area (Å²) < 4.78 is 11.6. The smallest absolute Gasteiger partial charge is 0.312 e. The van der Waals surface area contributed by atoms with Crippen molar-refractivity contribution < 1.29 is 14.3 Å². The molecule has 32 heavy (non-hydrogen) atoms. The molecule has 4 nitrogen and oxygen atoms in total. The number of para-hydroxylation sites is 1. The Morgan fingerprint density at radius 2 is 1.69 bits per heavy atom. The van der Waals surface area contributed by atoms with Gasteiger partial charge in [-0.2, -0.15) is 5.26 Å². The Morgan fingerprint density at radius 3 is 2.47 bits per heavy atom. The summed E-state index contributed by atoms with van der Waals surface area (Å²) in [6, 6.07) is 26.8. The lowest BCUT2D eigenvalue weighted by Crippen LogP contribution is -2.17. The Kier molecular flexibility index (Phi) is 4.64. The Hall–Kier alpha value is -3.84. The highest BCUT2D eigenvalue weighted by molar-refractivity contribution is 5.87. The molecule has 1 spiro atoms. The second kappa shape index (κ2) is 7.39. The molecule has 1 fully saturated rings. The fourth-order valence-corrected chi connectivity index (χ4v) is 5.14. The van der Waals surface area contributed by atoms with Crippen LogP contribution in [0, 0.1) is 22.7 Å². The van der Waals surface area contributed by atoms with Crippen molar-refractivity contribution in [2.24, 2.45) is 11.3 Å². The van der Waals surface area contributed by atoms with E-state index in [1.54, 1.807) is 18.2 Å². The Labute approximate surface area is 187 Å². The highest BCUT2D eigenvalue weighted by atomic mass is 16.5. The first-order valence-corrected chi connectivity index (χ1v) is 10.7. The molecule has 5 rings (SSSR count). The maximum absolute atomic E-state index is 13.3. The van der Waals surface area contributed by atoms with Crippen molar-refractivity contribution in [3.8, 4) is 17.6 Å². The highest BCUT2D eigenvalue weighted by Crippen LogP contribution is 2.73. The van der Waals surface area contributed by atoms with E-state index in [4.69, 9.17) is 9.47 Å². The molecular formula is C28H23NO3. The van der Waals surface area contributed by atoms with E-state index in [2.05, 4.69) is 44.2 Å². The van der Waals surface area contributed by atoms with E-state index in [0.717, 1.165) is 11.1 Å². The summed E-state index contributed by atoms with van der Waals surface area (Å²) in [5.41, 5.74) is 2.21. The quantitative estimate of drug-likeness (QED) is 0.460. The molecule has 3 aromatic rings. The summed E-state index contributed by atoms with van der Waals surface area (Å²) in [7, 11) is 0. The number of nitriles is 1. The van der Waals surface area contributed by atoms with Gasteiger partial charge in [0.25, 0.3) is 0 Å². The molecule has 3 atom stereocenters. The summed E-state index contributed by atoms with van der Waals surface area (Å²) in [6.07, 6.45) is 3.20. The largest absolute Gasteiger partial charge is 0.457 e. The van der Waals surface area contributed by atoms with Crippen LogP contribution in [0.1, 0.15) is 36.6 Å². The van der Waals surface area contributed by atoms with Gasteiger partial charge in [-0.15, -0.1) is 0 Å². The van der Waals surface area contributed by atoms with Crippen molar-refractivity contribution in [1.29, 1.82) is 5.26 Å². The van der Waals surface area contributed by atoms with Crippen molar-refractivity contribution in [1.82, 2.24) is 0 Å². The predicted molar refractivity (Wildman–Crippen MR) is 122 cm³/mol. The topological polar surface area (TPSA) is 59.3 Å². The van der Waals surface area contributed by atoms with Crippen LogP contribution in [0.25, 0.3) is 6.08 Å². The first-order valence-electron chi connectivity index (χ1n) is 10.7. The number of benzene rings is 3. The van der Waals surface area contributed by atoms with Crippen LogP contribution in [0.15, 0.2) is 84.9 Å². The molecule has 0 N–H and O–H groups in total. The Bertz CT molecular complexity index is 1250. The van der Waals surface area contributed by atoms with Crippen molar-refractivity contribution in [2.45, 2.75) is 25.4 Å². The number of nitrogens with zero attached hydrogens (tertiary/aromatic N) is 1. The van der Waals surface area contributed by atoms with Crippen LogP contribution in [0.4, 0.5) is 0 Å². The summed E-state index contributed by atoms with van der Waals surface area (Å²) >= 11 is 0. The van der Waals surface area contributed by atoms with Crippen molar-refractivity contribution in [2.75, 3.05) is 0 Å². The van der Waals surface area contributed by atoms with Crippen LogP contribution in [0.3, 0.4) is 0 Å². The number of carbonyl (C=O) groups is 1. The first kappa shape index (κ1) is 20.1. The third kappa shape index (κ3) is 3.01. The van der Waals surface area contributed by atoms with Gasteiger partial charge in [0.2, 0.25) is 6.10 Å². The van der Waals surface area contributed by atoms with Gasteiger partial charge in [0.05, 0.1) is 5.92 Å². The van der Waals surface area contributed by atoms with E-state index in [-0.39, 0.29) is 22.7 Å². The van der Waals surface area contributed by atoms with Crippen LogP contribution in [-0.4, -0.2) is 5.97 Å². The fraction of sp³-hybridized carbons (Fsp3) is 0.214. The molecular weight excluding hydrogens is 398 g/mol. The number of hydrogen-bond acceptors (Lipinski definition) is 4. The monoisotopic (exact) mass is 421 g/mol. The van der Waals surface area contributed by atoms with Crippen LogP contribution in [0.2, 0.25) is 0 Å². The summed E-state index contributed by atoms with van der Waals surface area (Å²) in [6.45, 7) is 4.17. The molecule has 2 aliphatic carbocycles. The van der Waals surface area contributed by atoms with Crippen molar-refractivity contribution in [3.63, 3.8) is 0 Å². The van der Waals surface area contributed by atoms with Crippen LogP contribution >= 0.6 is 0 Å². The molecule has 158 valence electrons. The number of rotatable bonds is 5. The maximum Gasteiger partial charge on any atom is 0.312 e. The molecule has 1 saturated carbocycles. The average molecular weight is 421 g/mol. The molecule has 0 heterocycles. The minimum absolute atomic E-state index is 0.286. The number of ether oxygens (including phenoxy) is 2. The maximum atomic E-state index is 13.3. The van der Waals surface area contributed by atoms with Gasteiger partial charge in [-0.05, 0) is 40.8 Å². The van der Waals surface area contributed by atoms with Crippen LogP contribution in [-0.2, 0) is 14.9 Å². The second-order valence-electron chi connectivity index (χ2n) is 8.88. The lowest BCUT2D eigenvalue weighted by molar-refractivity contribution is -0.149. The minimum Gasteiger partial charge on any atom is -0.457 e. The van der Waals surface area contributed by atoms with E-state index < -0.39 is 6.10 Å². The fourth-order valence-electron chi connectivity index (χ4n) is 5.14. The molecule has 4 heteroatoms. The number of carbonyl (C=O) groups excluding carboxylic acids is 1. The Morgan fingerprint density at radius 1 is 0.969 bits per heavy atom. The predicted octanol–water partition coefficient (Wildman–Crippen LogP) is 6.21. The first-order chi connectivity index (χ1) is 15.5.